The Morgan fingerprint density at radius 2 is 1.93 bits per heavy atom. The van der Waals surface area contributed by atoms with E-state index in [9.17, 15) is 4.79 Å². The highest BCUT2D eigenvalue weighted by Gasteiger charge is 2.37. The first-order chi connectivity index (χ1) is 6.48. The van der Waals surface area contributed by atoms with Gasteiger partial charge >= 0.3 is 5.97 Å². The highest BCUT2D eigenvalue weighted by atomic mass is 32.1. The van der Waals surface area contributed by atoms with Gasteiger partial charge in [-0.3, -0.25) is 9.69 Å². The number of hydrogen-bond donors (Lipinski definition) is 1. The van der Waals surface area contributed by atoms with Crippen molar-refractivity contribution in [3.8, 4) is 0 Å². The highest BCUT2D eigenvalue weighted by molar-refractivity contribution is 7.80. The summed E-state index contributed by atoms with van der Waals surface area (Å²) in [6.07, 6.45) is 2.09. The number of esters is 1. The van der Waals surface area contributed by atoms with Crippen molar-refractivity contribution in [2.24, 2.45) is 0 Å². The van der Waals surface area contributed by atoms with Gasteiger partial charge in [0.05, 0.1) is 7.11 Å². The maximum absolute atomic E-state index is 11.5. The van der Waals surface area contributed by atoms with E-state index in [1.807, 2.05) is 13.8 Å². The van der Waals surface area contributed by atoms with Crippen molar-refractivity contribution in [1.29, 1.82) is 0 Å². The summed E-state index contributed by atoms with van der Waals surface area (Å²) in [7, 11) is 1.44. The topological polar surface area (TPSA) is 29.5 Å². The molecule has 82 valence electrons. The third kappa shape index (κ3) is 2.42. The molecule has 3 nitrogen and oxygen atoms in total. The van der Waals surface area contributed by atoms with E-state index in [1.54, 1.807) is 0 Å². The van der Waals surface area contributed by atoms with Crippen LogP contribution in [0.15, 0.2) is 0 Å². The number of nitrogens with zero attached hydrogens (tertiary/aromatic N) is 1. The molecule has 14 heavy (non-hydrogen) atoms. The number of likely N-dealkylation sites (tertiary alicyclic amines) is 1. The third-order valence-corrected chi connectivity index (χ3v) is 3.46. The molecule has 1 heterocycles. The lowest BCUT2D eigenvalue weighted by Gasteiger charge is -2.39. The molecule has 1 fully saturated rings. The first kappa shape index (κ1) is 11.9. The lowest BCUT2D eigenvalue weighted by molar-refractivity contribution is -0.153. The van der Waals surface area contributed by atoms with E-state index in [0.29, 0.717) is 5.25 Å². The number of methoxy groups -OCH3 is 1. The molecule has 0 radical (unpaired) electrons. The molecular formula is C10H19NO2S. The molecule has 1 saturated heterocycles. The molecule has 0 aromatic rings. The molecule has 0 unspecified atom stereocenters. The van der Waals surface area contributed by atoms with Crippen LogP contribution in [0.2, 0.25) is 0 Å². The summed E-state index contributed by atoms with van der Waals surface area (Å²) in [5.41, 5.74) is -0.497. The van der Waals surface area contributed by atoms with Gasteiger partial charge in [0.15, 0.2) is 0 Å². The molecule has 0 saturated carbocycles. The Morgan fingerprint density at radius 1 is 1.43 bits per heavy atom. The van der Waals surface area contributed by atoms with Crippen LogP contribution in [0.1, 0.15) is 26.7 Å². The van der Waals surface area contributed by atoms with Crippen LogP contribution in [0, 0.1) is 0 Å². The zero-order chi connectivity index (χ0) is 10.8. The largest absolute Gasteiger partial charge is 0.468 e. The second kappa shape index (κ2) is 4.53. The van der Waals surface area contributed by atoms with Crippen LogP contribution < -0.4 is 0 Å². The van der Waals surface area contributed by atoms with Gasteiger partial charge < -0.3 is 4.74 Å². The van der Waals surface area contributed by atoms with Gasteiger partial charge in [0, 0.05) is 18.3 Å². The first-order valence-electron chi connectivity index (χ1n) is 5.00. The Balaban J connectivity index is 2.59. The van der Waals surface area contributed by atoms with E-state index in [4.69, 9.17) is 4.74 Å². The normalized spacial score (nSPS) is 20.9. The van der Waals surface area contributed by atoms with Crippen LogP contribution >= 0.6 is 12.6 Å². The molecule has 0 aromatic heterocycles. The summed E-state index contributed by atoms with van der Waals surface area (Å²) in [4.78, 5) is 13.7. The molecule has 1 aliphatic rings. The van der Waals surface area contributed by atoms with Crippen LogP contribution in [0.5, 0.6) is 0 Å². The molecular weight excluding hydrogens is 198 g/mol. The number of piperidine rings is 1. The molecule has 0 aliphatic carbocycles. The van der Waals surface area contributed by atoms with E-state index in [0.717, 1.165) is 25.9 Å². The van der Waals surface area contributed by atoms with Crippen LogP contribution in [0.3, 0.4) is 0 Å². The van der Waals surface area contributed by atoms with E-state index >= 15 is 0 Å². The minimum Gasteiger partial charge on any atom is -0.468 e. The Labute approximate surface area is 91.2 Å². The highest BCUT2D eigenvalue weighted by Crippen LogP contribution is 2.23. The molecule has 1 rings (SSSR count). The summed E-state index contributed by atoms with van der Waals surface area (Å²) in [6, 6.07) is 0. The van der Waals surface area contributed by atoms with Crippen molar-refractivity contribution in [2.75, 3.05) is 20.2 Å². The molecule has 0 atom stereocenters. The van der Waals surface area contributed by atoms with E-state index in [-0.39, 0.29) is 5.97 Å². The molecule has 1 aliphatic heterocycles. The summed E-state index contributed by atoms with van der Waals surface area (Å²) >= 11 is 4.43. The number of ether oxygens (including phenoxy) is 1. The quantitative estimate of drug-likeness (QED) is 0.559. The zero-order valence-electron chi connectivity index (χ0n) is 9.12. The van der Waals surface area contributed by atoms with E-state index in [1.165, 1.54) is 7.11 Å². The van der Waals surface area contributed by atoms with Gasteiger partial charge in [-0.05, 0) is 26.7 Å². The number of carbonyl (C=O) groups excluding carboxylic acids is 1. The van der Waals surface area contributed by atoms with Gasteiger partial charge in [-0.1, -0.05) is 0 Å². The predicted molar refractivity (Wildman–Crippen MR) is 59.7 cm³/mol. The standard InChI is InChI=1S/C10H19NO2S/c1-10(2,9(12)13-3)11-6-4-8(14)5-7-11/h8,14H,4-7H2,1-3H3. The smallest absolute Gasteiger partial charge is 0.325 e. The molecule has 0 N–H and O–H groups in total. The fraction of sp³-hybridized carbons (Fsp3) is 0.900. The van der Waals surface area contributed by atoms with E-state index in [2.05, 4.69) is 17.5 Å². The monoisotopic (exact) mass is 217 g/mol. The van der Waals surface area contributed by atoms with Crippen molar-refractivity contribution in [2.45, 2.75) is 37.5 Å². The van der Waals surface area contributed by atoms with Crippen LogP contribution in [0.4, 0.5) is 0 Å². The fourth-order valence-electron chi connectivity index (χ4n) is 1.80. The molecule has 0 amide bonds. The SMILES string of the molecule is COC(=O)C(C)(C)N1CCC(S)CC1. The number of thiol groups is 1. The Bertz CT molecular complexity index is 210. The maximum atomic E-state index is 11.5. The number of carbonyl (C=O) groups is 1. The van der Waals surface area contributed by atoms with Gasteiger partial charge in [-0.15, -0.1) is 0 Å². The fourth-order valence-corrected chi connectivity index (χ4v) is 2.03. The number of hydrogen-bond acceptors (Lipinski definition) is 4. The third-order valence-electron chi connectivity index (χ3n) is 2.94. The predicted octanol–water partition coefficient (Wildman–Crippen LogP) is 1.33. The molecule has 0 spiro atoms. The Hall–Kier alpha value is -0.220. The van der Waals surface area contributed by atoms with Gasteiger partial charge in [0.2, 0.25) is 0 Å². The minimum absolute atomic E-state index is 0.157. The molecule has 0 bridgehead atoms. The molecule has 4 heteroatoms. The number of rotatable bonds is 2. The average molecular weight is 217 g/mol. The molecule has 0 aromatic carbocycles. The first-order valence-corrected chi connectivity index (χ1v) is 5.51. The summed E-state index contributed by atoms with van der Waals surface area (Å²) in [6.45, 7) is 5.68. The van der Waals surface area contributed by atoms with Crippen LogP contribution in [0.25, 0.3) is 0 Å². The van der Waals surface area contributed by atoms with E-state index < -0.39 is 5.54 Å². The van der Waals surface area contributed by atoms with Crippen molar-refractivity contribution in [1.82, 2.24) is 4.90 Å². The Kier molecular flexibility index (Phi) is 3.84. The second-order valence-electron chi connectivity index (χ2n) is 4.27. The zero-order valence-corrected chi connectivity index (χ0v) is 10.0. The van der Waals surface area contributed by atoms with Gasteiger partial charge in [-0.25, -0.2) is 0 Å². The summed E-state index contributed by atoms with van der Waals surface area (Å²) in [5.74, 6) is -0.157. The summed E-state index contributed by atoms with van der Waals surface area (Å²) in [5, 5.41) is 0.486. The minimum atomic E-state index is -0.497. The van der Waals surface area contributed by atoms with Gasteiger partial charge in [-0.2, -0.15) is 12.6 Å². The van der Waals surface area contributed by atoms with Crippen molar-refractivity contribution in [3.63, 3.8) is 0 Å². The van der Waals surface area contributed by atoms with Crippen molar-refractivity contribution in [3.05, 3.63) is 0 Å². The van der Waals surface area contributed by atoms with Crippen molar-refractivity contribution < 1.29 is 9.53 Å². The lowest BCUT2D eigenvalue weighted by atomic mass is 9.98. The lowest BCUT2D eigenvalue weighted by Crippen LogP contribution is -2.53. The van der Waals surface area contributed by atoms with Crippen LogP contribution in [-0.4, -0.2) is 41.9 Å². The van der Waals surface area contributed by atoms with Crippen LogP contribution in [-0.2, 0) is 9.53 Å². The van der Waals surface area contributed by atoms with Gasteiger partial charge in [0.1, 0.15) is 5.54 Å². The second-order valence-corrected chi connectivity index (χ2v) is 5.00. The maximum Gasteiger partial charge on any atom is 0.325 e. The average Bonchev–Trinajstić information content (AvgIpc) is 2.17. The summed E-state index contributed by atoms with van der Waals surface area (Å²) < 4.78 is 4.80. The van der Waals surface area contributed by atoms with Crippen molar-refractivity contribution >= 4 is 18.6 Å². The Morgan fingerprint density at radius 3 is 2.36 bits per heavy atom. The van der Waals surface area contributed by atoms with Gasteiger partial charge in [0.25, 0.3) is 0 Å².